The van der Waals surface area contributed by atoms with E-state index in [0.29, 0.717) is 0 Å². The van der Waals surface area contributed by atoms with Crippen molar-refractivity contribution in [3.63, 3.8) is 0 Å². The van der Waals surface area contributed by atoms with Gasteiger partial charge in [-0.3, -0.25) is 4.79 Å². The van der Waals surface area contributed by atoms with E-state index in [1.807, 2.05) is 24.3 Å². The van der Waals surface area contributed by atoms with Crippen molar-refractivity contribution in [1.29, 1.82) is 0 Å². The number of hydrogen-bond donors (Lipinski definition) is 2. The molecule has 3 heteroatoms. The maximum absolute atomic E-state index is 10.4. The Bertz CT molecular complexity index is 376. The zero-order chi connectivity index (χ0) is 9.68. The molecule has 0 radical (unpaired) electrons. The predicted molar refractivity (Wildman–Crippen MR) is 54.4 cm³/mol. The quantitative estimate of drug-likeness (QED) is 0.508. The number of carbonyl (C=O) groups excluding carboxylic acids is 1. The first-order valence-electron chi connectivity index (χ1n) is 3.74. The topological polar surface area (TPSA) is 43.1 Å². The van der Waals surface area contributed by atoms with Gasteiger partial charge >= 0.3 is 0 Å². The first kappa shape index (κ1) is 9.69. The molecular formula is C10H9NOS. The van der Waals surface area contributed by atoms with Crippen LogP contribution in [0.25, 0.3) is 0 Å². The fraction of sp³-hybridized carbons (Fsp3) is 0.100. The normalized spacial score (nSPS) is 8.69. The summed E-state index contributed by atoms with van der Waals surface area (Å²) in [5.74, 6) is 5.08. The van der Waals surface area contributed by atoms with E-state index in [1.54, 1.807) is 0 Å². The minimum Gasteiger partial charge on any atom is -0.369 e. The molecule has 0 aliphatic rings. The Morgan fingerprint density at radius 1 is 1.54 bits per heavy atom. The molecule has 0 unspecified atom stereocenters. The fourth-order valence-electron chi connectivity index (χ4n) is 0.817. The molecule has 0 saturated heterocycles. The van der Waals surface area contributed by atoms with Crippen LogP contribution in [0.4, 0.5) is 0 Å². The van der Waals surface area contributed by atoms with Gasteiger partial charge in [0.25, 0.3) is 0 Å². The third kappa shape index (κ3) is 3.68. The van der Waals surface area contributed by atoms with Crippen LogP contribution in [0.15, 0.2) is 29.2 Å². The maximum atomic E-state index is 10.4. The van der Waals surface area contributed by atoms with Crippen molar-refractivity contribution < 1.29 is 4.79 Å². The zero-order valence-corrected chi connectivity index (χ0v) is 7.84. The molecule has 66 valence electrons. The number of hydrogen-bond acceptors (Lipinski definition) is 2. The number of primary amides is 1. The summed E-state index contributed by atoms with van der Waals surface area (Å²) in [5, 5.41) is 0. The van der Waals surface area contributed by atoms with Gasteiger partial charge in [0.1, 0.15) is 0 Å². The van der Waals surface area contributed by atoms with E-state index >= 15 is 0 Å². The van der Waals surface area contributed by atoms with Gasteiger partial charge in [0.2, 0.25) is 5.91 Å². The second-order valence-corrected chi connectivity index (χ2v) is 3.01. The Kier molecular flexibility index (Phi) is 3.41. The molecule has 0 aliphatic heterocycles. The van der Waals surface area contributed by atoms with Crippen molar-refractivity contribution in [3.05, 3.63) is 29.8 Å². The van der Waals surface area contributed by atoms with E-state index < -0.39 is 5.91 Å². The lowest BCUT2D eigenvalue weighted by Gasteiger charge is -1.90. The standard InChI is InChI=1S/C10H9NOS/c11-10(12)6-2-4-8-3-1-5-9(13)7-8/h1,3,5,7,13H,6H2,(H2,11,12). The number of nitrogens with two attached hydrogens (primary N) is 1. The van der Waals surface area contributed by atoms with Gasteiger partial charge in [0, 0.05) is 10.5 Å². The van der Waals surface area contributed by atoms with Crippen LogP contribution >= 0.6 is 12.6 Å². The summed E-state index contributed by atoms with van der Waals surface area (Å²) < 4.78 is 0. The van der Waals surface area contributed by atoms with E-state index in [-0.39, 0.29) is 6.42 Å². The summed E-state index contributed by atoms with van der Waals surface area (Å²) in [7, 11) is 0. The lowest BCUT2D eigenvalue weighted by molar-refractivity contribution is -0.117. The Labute approximate surface area is 82.5 Å². The molecule has 1 amide bonds. The number of benzene rings is 1. The van der Waals surface area contributed by atoms with E-state index in [0.717, 1.165) is 10.5 Å². The van der Waals surface area contributed by atoms with Gasteiger partial charge < -0.3 is 5.73 Å². The fourth-order valence-corrected chi connectivity index (χ4v) is 1.04. The molecule has 0 aromatic heterocycles. The molecule has 1 aromatic carbocycles. The van der Waals surface area contributed by atoms with E-state index in [1.165, 1.54) is 0 Å². The number of carbonyl (C=O) groups is 1. The van der Waals surface area contributed by atoms with Crippen LogP contribution in [-0.2, 0) is 4.79 Å². The third-order valence-corrected chi connectivity index (χ3v) is 1.62. The lowest BCUT2D eigenvalue weighted by atomic mass is 10.2. The van der Waals surface area contributed by atoms with Gasteiger partial charge in [-0.2, -0.15) is 0 Å². The predicted octanol–water partition coefficient (Wildman–Crippen LogP) is 1.20. The third-order valence-electron chi connectivity index (χ3n) is 1.34. The summed E-state index contributed by atoms with van der Waals surface area (Å²) >= 11 is 4.16. The average molecular weight is 191 g/mol. The highest BCUT2D eigenvalue weighted by atomic mass is 32.1. The van der Waals surface area contributed by atoms with Crippen LogP contribution in [0, 0.1) is 11.8 Å². The van der Waals surface area contributed by atoms with Crippen molar-refractivity contribution >= 4 is 18.5 Å². The van der Waals surface area contributed by atoms with Crippen molar-refractivity contribution in [2.75, 3.05) is 0 Å². The number of amides is 1. The molecular weight excluding hydrogens is 182 g/mol. The molecule has 2 N–H and O–H groups in total. The second kappa shape index (κ2) is 4.58. The molecule has 13 heavy (non-hydrogen) atoms. The van der Waals surface area contributed by atoms with Gasteiger partial charge in [-0.05, 0) is 18.2 Å². The van der Waals surface area contributed by atoms with Crippen molar-refractivity contribution in [2.24, 2.45) is 5.73 Å². The second-order valence-electron chi connectivity index (χ2n) is 2.50. The highest BCUT2D eigenvalue weighted by molar-refractivity contribution is 7.80. The van der Waals surface area contributed by atoms with E-state index in [4.69, 9.17) is 5.73 Å². The summed E-state index contributed by atoms with van der Waals surface area (Å²) in [6.45, 7) is 0. The lowest BCUT2D eigenvalue weighted by Crippen LogP contribution is -2.08. The van der Waals surface area contributed by atoms with Crippen LogP contribution in [0.1, 0.15) is 12.0 Å². The summed E-state index contributed by atoms with van der Waals surface area (Å²) in [5.41, 5.74) is 5.77. The highest BCUT2D eigenvalue weighted by Gasteiger charge is 1.88. The molecule has 0 bridgehead atoms. The molecule has 0 saturated carbocycles. The average Bonchev–Trinajstić information content (AvgIpc) is 2.03. The van der Waals surface area contributed by atoms with Gasteiger partial charge in [-0.25, -0.2) is 0 Å². The van der Waals surface area contributed by atoms with Crippen molar-refractivity contribution in [3.8, 4) is 11.8 Å². The Morgan fingerprint density at radius 3 is 2.92 bits per heavy atom. The highest BCUT2D eigenvalue weighted by Crippen LogP contribution is 2.07. The van der Waals surface area contributed by atoms with Gasteiger partial charge in [-0.15, -0.1) is 12.6 Å². The maximum Gasteiger partial charge on any atom is 0.229 e. The summed E-state index contributed by atoms with van der Waals surface area (Å²) in [6.07, 6.45) is 0.0940. The zero-order valence-electron chi connectivity index (χ0n) is 6.95. The largest absolute Gasteiger partial charge is 0.369 e. The van der Waals surface area contributed by atoms with E-state index in [2.05, 4.69) is 24.5 Å². The summed E-state index contributed by atoms with van der Waals surface area (Å²) in [6, 6.07) is 7.41. The Balaban J connectivity index is 2.72. The molecule has 2 nitrogen and oxygen atoms in total. The van der Waals surface area contributed by atoms with Crippen molar-refractivity contribution in [2.45, 2.75) is 11.3 Å². The van der Waals surface area contributed by atoms with E-state index in [9.17, 15) is 4.79 Å². The molecule has 1 rings (SSSR count). The van der Waals surface area contributed by atoms with Crippen LogP contribution in [0.2, 0.25) is 0 Å². The van der Waals surface area contributed by atoms with Crippen molar-refractivity contribution in [1.82, 2.24) is 0 Å². The van der Waals surface area contributed by atoms with Crippen LogP contribution in [0.5, 0.6) is 0 Å². The number of thiol groups is 1. The first-order valence-corrected chi connectivity index (χ1v) is 4.19. The van der Waals surface area contributed by atoms with Gasteiger partial charge in [0.05, 0.1) is 6.42 Å². The first-order chi connectivity index (χ1) is 6.18. The number of rotatable bonds is 1. The molecule has 0 heterocycles. The molecule has 0 atom stereocenters. The van der Waals surface area contributed by atoms with Crippen LogP contribution in [0.3, 0.4) is 0 Å². The Morgan fingerprint density at radius 2 is 2.31 bits per heavy atom. The molecule has 0 spiro atoms. The SMILES string of the molecule is NC(=O)CC#Cc1cccc(S)c1. The molecule has 0 fully saturated rings. The van der Waals surface area contributed by atoms with Gasteiger partial charge in [-0.1, -0.05) is 17.9 Å². The minimum atomic E-state index is -0.408. The summed E-state index contributed by atoms with van der Waals surface area (Å²) in [4.78, 5) is 11.2. The smallest absolute Gasteiger partial charge is 0.229 e. The molecule has 0 aliphatic carbocycles. The van der Waals surface area contributed by atoms with Crippen LogP contribution in [-0.4, -0.2) is 5.91 Å². The molecule has 1 aromatic rings. The van der Waals surface area contributed by atoms with Gasteiger partial charge in [0.15, 0.2) is 0 Å². The monoisotopic (exact) mass is 191 g/mol. The minimum absolute atomic E-state index is 0.0940. The Hall–Kier alpha value is -1.40. The van der Waals surface area contributed by atoms with Crippen LogP contribution < -0.4 is 5.73 Å².